The summed E-state index contributed by atoms with van der Waals surface area (Å²) >= 11 is 7.49. The van der Waals surface area contributed by atoms with Crippen molar-refractivity contribution in [2.45, 2.75) is 13.8 Å². The molecule has 2 aromatic heterocycles. The van der Waals surface area contributed by atoms with Gasteiger partial charge in [-0.2, -0.15) is 0 Å². The van der Waals surface area contributed by atoms with Crippen molar-refractivity contribution in [1.82, 2.24) is 9.55 Å². The molecule has 1 aromatic carbocycles. The van der Waals surface area contributed by atoms with Gasteiger partial charge in [-0.25, -0.2) is 4.98 Å². The minimum Gasteiger partial charge on any atom is -0.340 e. The number of anilines is 1. The number of carbonyl (C=O) groups excluding carboxylic acids is 1. The van der Waals surface area contributed by atoms with E-state index in [1.807, 2.05) is 49.7 Å². The van der Waals surface area contributed by atoms with Gasteiger partial charge in [0, 0.05) is 27.9 Å². The molecule has 0 atom stereocenters. The van der Waals surface area contributed by atoms with E-state index in [1.54, 1.807) is 0 Å². The first-order valence-corrected chi connectivity index (χ1v) is 7.65. The fourth-order valence-electron chi connectivity index (χ4n) is 2.21. The number of aryl methyl sites for hydroxylation is 3. The largest absolute Gasteiger partial charge is 0.340 e. The van der Waals surface area contributed by atoms with E-state index in [0.29, 0.717) is 15.8 Å². The van der Waals surface area contributed by atoms with Crippen molar-refractivity contribution >= 4 is 44.9 Å². The van der Waals surface area contributed by atoms with Crippen LogP contribution in [-0.2, 0) is 7.05 Å². The molecule has 0 radical (unpaired) electrons. The molecule has 0 aliphatic heterocycles. The van der Waals surface area contributed by atoms with Gasteiger partial charge in [0.2, 0.25) is 0 Å². The average molecular weight is 320 g/mol. The summed E-state index contributed by atoms with van der Waals surface area (Å²) < 4.78 is 1.84. The number of carbonyl (C=O) groups is 1. The van der Waals surface area contributed by atoms with Crippen molar-refractivity contribution in [2.24, 2.45) is 7.05 Å². The van der Waals surface area contributed by atoms with Crippen LogP contribution in [0.3, 0.4) is 0 Å². The second-order valence-corrected chi connectivity index (χ2v) is 6.55. The molecule has 0 unspecified atom stereocenters. The van der Waals surface area contributed by atoms with Crippen LogP contribution in [0, 0.1) is 13.8 Å². The lowest BCUT2D eigenvalue weighted by atomic mass is 10.2. The first-order valence-electron chi connectivity index (χ1n) is 6.46. The highest BCUT2D eigenvalue weighted by Gasteiger charge is 2.15. The Balaban J connectivity index is 1.96. The number of hydrogen-bond acceptors (Lipinski definition) is 3. The SMILES string of the molecule is Cc1nc(NC(=O)c2cc3ccc(Cl)cc3n2C)sc1C. The lowest BCUT2D eigenvalue weighted by Gasteiger charge is -2.04. The van der Waals surface area contributed by atoms with Gasteiger partial charge in [-0.1, -0.05) is 17.7 Å². The third-order valence-corrected chi connectivity index (χ3v) is 4.71. The Morgan fingerprint density at radius 1 is 1.33 bits per heavy atom. The standard InChI is InChI=1S/C15H14ClN3OS/c1-8-9(2)21-15(17-8)18-14(20)13-6-10-4-5-11(16)7-12(10)19(13)3/h4-7H,1-3H3,(H,17,18,20). The molecular weight excluding hydrogens is 306 g/mol. The highest BCUT2D eigenvalue weighted by atomic mass is 35.5. The van der Waals surface area contributed by atoms with E-state index >= 15 is 0 Å². The summed E-state index contributed by atoms with van der Waals surface area (Å²) in [5.74, 6) is -0.168. The van der Waals surface area contributed by atoms with Gasteiger partial charge in [0.25, 0.3) is 5.91 Å². The number of aromatic nitrogens is 2. The van der Waals surface area contributed by atoms with Gasteiger partial charge in [0.05, 0.1) is 5.69 Å². The summed E-state index contributed by atoms with van der Waals surface area (Å²) in [4.78, 5) is 17.8. The monoisotopic (exact) mass is 319 g/mol. The number of hydrogen-bond donors (Lipinski definition) is 1. The van der Waals surface area contributed by atoms with E-state index in [4.69, 9.17) is 11.6 Å². The Hall–Kier alpha value is -1.85. The second kappa shape index (κ2) is 5.16. The van der Waals surface area contributed by atoms with E-state index in [1.165, 1.54) is 11.3 Å². The van der Waals surface area contributed by atoms with Crippen molar-refractivity contribution in [3.63, 3.8) is 0 Å². The summed E-state index contributed by atoms with van der Waals surface area (Å²) in [6.45, 7) is 3.92. The first-order chi connectivity index (χ1) is 9.95. The zero-order valence-corrected chi connectivity index (χ0v) is 13.5. The molecule has 6 heteroatoms. The molecule has 4 nitrogen and oxygen atoms in total. The van der Waals surface area contributed by atoms with E-state index in [-0.39, 0.29) is 5.91 Å². The number of rotatable bonds is 2. The van der Waals surface area contributed by atoms with Crippen LogP contribution in [0.15, 0.2) is 24.3 Å². The van der Waals surface area contributed by atoms with Crippen LogP contribution in [0.2, 0.25) is 5.02 Å². The number of nitrogens with zero attached hydrogens (tertiary/aromatic N) is 2. The summed E-state index contributed by atoms with van der Waals surface area (Å²) in [5.41, 5.74) is 2.45. The number of benzene rings is 1. The summed E-state index contributed by atoms with van der Waals surface area (Å²) in [5, 5.41) is 5.11. The molecule has 21 heavy (non-hydrogen) atoms. The maximum Gasteiger partial charge on any atom is 0.274 e. The van der Waals surface area contributed by atoms with Gasteiger partial charge in [0.1, 0.15) is 5.69 Å². The Bertz CT molecular complexity index is 831. The predicted octanol–water partition coefficient (Wildman–Crippen LogP) is 4.16. The second-order valence-electron chi connectivity index (χ2n) is 4.91. The Morgan fingerprint density at radius 2 is 2.10 bits per heavy atom. The van der Waals surface area contributed by atoms with Crippen molar-refractivity contribution in [3.05, 3.63) is 45.6 Å². The lowest BCUT2D eigenvalue weighted by molar-refractivity contribution is 0.101. The van der Waals surface area contributed by atoms with Gasteiger partial charge < -0.3 is 4.57 Å². The molecule has 3 aromatic rings. The number of nitrogens with one attached hydrogen (secondary N) is 1. The maximum absolute atomic E-state index is 12.4. The molecular formula is C15H14ClN3OS. The maximum atomic E-state index is 12.4. The normalized spacial score (nSPS) is 11.0. The first kappa shape index (κ1) is 14.1. The van der Waals surface area contributed by atoms with Crippen LogP contribution in [0.5, 0.6) is 0 Å². The van der Waals surface area contributed by atoms with Gasteiger partial charge in [0.15, 0.2) is 5.13 Å². The number of halogens is 1. The number of thiazole rings is 1. The molecule has 0 aliphatic rings. The molecule has 1 N–H and O–H groups in total. The average Bonchev–Trinajstić information content (AvgIpc) is 2.91. The molecule has 108 valence electrons. The van der Waals surface area contributed by atoms with Gasteiger partial charge in [-0.3, -0.25) is 10.1 Å². The van der Waals surface area contributed by atoms with Gasteiger partial charge in [-0.05, 0) is 32.0 Å². The van der Waals surface area contributed by atoms with Crippen LogP contribution in [-0.4, -0.2) is 15.5 Å². The lowest BCUT2D eigenvalue weighted by Crippen LogP contribution is -2.15. The van der Waals surface area contributed by atoms with Crippen LogP contribution < -0.4 is 5.32 Å². The predicted molar refractivity (Wildman–Crippen MR) is 87.5 cm³/mol. The molecule has 3 rings (SSSR count). The quantitative estimate of drug-likeness (QED) is 0.771. The third-order valence-electron chi connectivity index (χ3n) is 3.49. The highest BCUT2D eigenvalue weighted by Crippen LogP contribution is 2.25. The van der Waals surface area contributed by atoms with E-state index in [0.717, 1.165) is 21.5 Å². The topological polar surface area (TPSA) is 46.9 Å². The zero-order chi connectivity index (χ0) is 15.1. The minimum atomic E-state index is -0.168. The Kier molecular flexibility index (Phi) is 3.47. The summed E-state index contributed by atoms with van der Waals surface area (Å²) in [6.07, 6.45) is 0. The Labute approximate surface area is 131 Å². The van der Waals surface area contributed by atoms with E-state index in [2.05, 4.69) is 10.3 Å². The van der Waals surface area contributed by atoms with Crippen LogP contribution in [0.4, 0.5) is 5.13 Å². The minimum absolute atomic E-state index is 0.168. The summed E-state index contributed by atoms with van der Waals surface area (Å²) in [7, 11) is 1.85. The Morgan fingerprint density at radius 3 is 2.76 bits per heavy atom. The molecule has 0 aliphatic carbocycles. The molecule has 2 heterocycles. The van der Waals surface area contributed by atoms with Crippen molar-refractivity contribution < 1.29 is 4.79 Å². The van der Waals surface area contributed by atoms with Gasteiger partial charge in [-0.15, -0.1) is 11.3 Å². The van der Waals surface area contributed by atoms with Crippen LogP contribution in [0.25, 0.3) is 10.9 Å². The van der Waals surface area contributed by atoms with Crippen molar-refractivity contribution in [1.29, 1.82) is 0 Å². The highest BCUT2D eigenvalue weighted by molar-refractivity contribution is 7.15. The number of fused-ring (bicyclic) bond motifs is 1. The molecule has 0 spiro atoms. The van der Waals surface area contributed by atoms with E-state index in [9.17, 15) is 4.79 Å². The van der Waals surface area contributed by atoms with Crippen molar-refractivity contribution in [3.8, 4) is 0 Å². The number of amides is 1. The summed E-state index contributed by atoms with van der Waals surface area (Å²) in [6, 6.07) is 7.44. The molecule has 0 bridgehead atoms. The van der Waals surface area contributed by atoms with Gasteiger partial charge >= 0.3 is 0 Å². The fraction of sp³-hybridized carbons (Fsp3) is 0.200. The fourth-order valence-corrected chi connectivity index (χ4v) is 3.18. The molecule has 0 saturated heterocycles. The third kappa shape index (κ3) is 2.54. The van der Waals surface area contributed by atoms with Crippen molar-refractivity contribution in [2.75, 3.05) is 5.32 Å². The molecule has 0 saturated carbocycles. The van der Waals surface area contributed by atoms with Crippen LogP contribution >= 0.6 is 22.9 Å². The van der Waals surface area contributed by atoms with E-state index < -0.39 is 0 Å². The zero-order valence-electron chi connectivity index (χ0n) is 11.9. The smallest absolute Gasteiger partial charge is 0.274 e. The molecule has 1 amide bonds. The molecule has 0 fully saturated rings. The van der Waals surface area contributed by atoms with Crippen LogP contribution in [0.1, 0.15) is 21.1 Å².